The molecule has 36 heavy (non-hydrogen) atoms. The number of rotatable bonds is 5. The molecule has 0 spiro atoms. The van der Waals surface area contributed by atoms with Gasteiger partial charge in [-0.15, -0.1) is 0 Å². The number of ether oxygens (including phenoxy) is 4. The minimum absolute atomic E-state index is 0.146. The molecule has 2 aromatic heterocycles. The normalized spacial score (nSPS) is 13.2. The molecule has 5 rings (SSSR count). The van der Waals surface area contributed by atoms with Gasteiger partial charge < -0.3 is 28.4 Å². The van der Waals surface area contributed by atoms with Crippen molar-refractivity contribution in [1.29, 1.82) is 0 Å². The van der Waals surface area contributed by atoms with E-state index < -0.39 is 11.4 Å². The number of benzene rings is 2. The van der Waals surface area contributed by atoms with Crippen LogP contribution in [0.4, 0.5) is 0 Å². The predicted octanol–water partition coefficient (Wildman–Crippen LogP) is 3.95. The Hall–Kier alpha value is -3.85. The number of hydrogen-bond acceptors (Lipinski definition) is 8. The lowest BCUT2D eigenvalue weighted by molar-refractivity contribution is -0.143. The van der Waals surface area contributed by atoms with Crippen LogP contribution in [0.3, 0.4) is 0 Å². The summed E-state index contributed by atoms with van der Waals surface area (Å²) in [6.07, 6.45) is 1.76. The second-order valence-corrected chi connectivity index (χ2v) is 10.2. The highest BCUT2D eigenvalue weighted by molar-refractivity contribution is 6.15. The molecule has 188 valence electrons. The van der Waals surface area contributed by atoms with Crippen LogP contribution >= 0.6 is 0 Å². The average molecular weight is 492 g/mol. The van der Waals surface area contributed by atoms with E-state index >= 15 is 0 Å². The van der Waals surface area contributed by atoms with Gasteiger partial charge in [-0.05, 0) is 53.1 Å². The fourth-order valence-electron chi connectivity index (χ4n) is 4.27. The first-order valence-corrected chi connectivity index (χ1v) is 11.7. The maximum absolute atomic E-state index is 14.0. The molecule has 0 bridgehead atoms. The van der Waals surface area contributed by atoms with Crippen molar-refractivity contribution in [3.05, 3.63) is 40.8 Å². The van der Waals surface area contributed by atoms with Crippen molar-refractivity contribution >= 4 is 38.5 Å². The molecular formula is C27H29N3O6. The lowest BCUT2D eigenvalue weighted by atomic mass is 9.97. The third-order valence-corrected chi connectivity index (χ3v) is 6.26. The second kappa shape index (κ2) is 8.67. The summed E-state index contributed by atoms with van der Waals surface area (Å²) in [5.41, 5.74) is 0.538. The van der Waals surface area contributed by atoms with Crippen LogP contribution in [0.25, 0.3) is 32.6 Å². The van der Waals surface area contributed by atoms with E-state index in [1.165, 1.54) is 7.11 Å². The standard InChI is InChI=1S/C27H29N3O6/c1-27(2,3)26(32)36-23-10-16-15(9-20(23)33-6)18-13-28-19-12-22-21(34-14-35-22)11-17(19)24(18)30(25(16)31)8-7-29(4)5/h9-13H,7-8,14H2,1-6H3. The summed E-state index contributed by atoms with van der Waals surface area (Å²) < 4.78 is 24.1. The molecule has 1 aliphatic heterocycles. The van der Waals surface area contributed by atoms with Gasteiger partial charge in [-0.3, -0.25) is 14.6 Å². The number of carbonyl (C=O) groups is 1. The SMILES string of the molecule is COc1cc2c(cc1OC(=O)C(C)(C)C)c(=O)n(CCN(C)C)c1c3cc4c(cc3ncc21)OCO4. The fraction of sp³-hybridized carbons (Fsp3) is 0.370. The molecule has 0 N–H and O–H groups in total. The number of esters is 1. The quantitative estimate of drug-likeness (QED) is 0.235. The van der Waals surface area contributed by atoms with Crippen LogP contribution in [0.5, 0.6) is 23.0 Å². The molecular weight excluding hydrogens is 462 g/mol. The van der Waals surface area contributed by atoms with E-state index in [9.17, 15) is 9.59 Å². The van der Waals surface area contributed by atoms with Gasteiger partial charge in [-0.25, -0.2) is 0 Å². The van der Waals surface area contributed by atoms with Crippen molar-refractivity contribution in [2.45, 2.75) is 27.3 Å². The summed E-state index contributed by atoms with van der Waals surface area (Å²) >= 11 is 0. The number of nitrogens with zero attached hydrogens (tertiary/aromatic N) is 3. The van der Waals surface area contributed by atoms with Crippen LogP contribution in [0.2, 0.25) is 0 Å². The van der Waals surface area contributed by atoms with Gasteiger partial charge in [-0.2, -0.15) is 0 Å². The van der Waals surface area contributed by atoms with Crippen LogP contribution in [-0.4, -0.2) is 55.0 Å². The molecule has 0 saturated heterocycles. The Morgan fingerprint density at radius 2 is 1.72 bits per heavy atom. The molecule has 0 radical (unpaired) electrons. The monoisotopic (exact) mass is 491 g/mol. The van der Waals surface area contributed by atoms with E-state index in [-0.39, 0.29) is 18.1 Å². The third kappa shape index (κ3) is 3.99. The predicted molar refractivity (Wildman–Crippen MR) is 137 cm³/mol. The Balaban J connectivity index is 1.84. The van der Waals surface area contributed by atoms with Crippen LogP contribution in [0.15, 0.2) is 35.3 Å². The topological polar surface area (TPSA) is 92.1 Å². The van der Waals surface area contributed by atoms with Crippen molar-refractivity contribution in [2.75, 3.05) is 34.5 Å². The maximum atomic E-state index is 14.0. The summed E-state index contributed by atoms with van der Waals surface area (Å²) in [5, 5.41) is 2.65. The number of pyridine rings is 2. The van der Waals surface area contributed by atoms with E-state index in [2.05, 4.69) is 4.98 Å². The number of likely N-dealkylation sites (N-methyl/N-ethyl adjacent to an activating group) is 1. The fourth-order valence-corrected chi connectivity index (χ4v) is 4.27. The highest BCUT2D eigenvalue weighted by Gasteiger charge is 2.26. The highest BCUT2D eigenvalue weighted by atomic mass is 16.7. The number of fused-ring (bicyclic) bond motifs is 6. The van der Waals surface area contributed by atoms with Gasteiger partial charge in [0.05, 0.1) is 28.9 Å². The van der Waals surface area contributed by atoms with Crippen LogP contribution in [0, 0.1) is 5.41 Å². The molecule has 2 aromatic carbocycles. The van der Waals surface area contributed by atoms with Gasteiger partial charge >= 0.3 is 5.97 Å². The van der Waals surface area contributed by atoms with Gasteiger partial charge in [0.15, 0.2) is 23.0 Å². The Kier molecular flexibility index (Phi) is 5.75. The van der Waals surface area contributed by atoms with Crippen molar-refractivity contribution in [3.63, 3.8) is 0 Å². The molecule has 0 unspecified atom stereocenters. The van der Waals surface area contributed by atoms with Gasteiger partial charge in [-0.1, -0.05) is 0 Å². The van der Waals surface area contributed by atoms with E-state index in [4.69, 9.17) is 18.9 Å². The summed E-state index contributed by atoms with van der Waals surface area (Å²) in [5.74, 6) is 1.39. The first-order chi connectivity index (χ1) is 17.1. The number of aromatic nitrogens is 2. The molecule has 9 heteroatoms. The van der Waals surface area contributed by atoms with E-state index in [1.54, 1.807) is 43.7 Å². The smallest absolute Gasteiger partial charge is 0.316 e. The number of carbonyl (C=O) groups excluding carboxylic acids is 1. The Morgan fingerprint density at radius 3 is 2.39 bits per heavy atom. The van der Waals surface area contributed by atoms with Crippen molar-refractivity contribution < 1.29 is 23.7 Å². The highest BCUT2D eigenvalue weighted by Crippen LogP contribution is 2.40. The van der Waals surface area contributed by atoms with E-state index in [0.717, 1.165) is 16.3 Å². The summed E-state index contributed by atoms with van der Waals surface area (Å²) in [7, 11) is 5.42. The molecule has 0 aliphatic carbocycles. The van der Waals surface area contributed by atoms with Crippen LogP contribution < -0.4 is 24.5 Å². The molecule has 0 amide bonds. The largest absolute Gasteiger partial charge is 0.493 e. The lowest BCUT2D eigenvalue weighted by Gasteiger charge is -2.20. The summed E-state index contributed by atoms with van der Waals surface area (Å²) in [6.45, 7) is 6.56. The molecule has 3 heterocycles. The van der Waals surface area contributed by atoms with Crippen molar-refractivity contribution in [3.8, 4) is 23.0 Å². The van der Waals surface area contributed by atoms with E-state index in [1.807, 2.05) is 31.1 Å². The van der Waals surface area contributed by atoms with Crippen molar-refractivity contribution in [2.24, 2.45) is 5.41 Å². The molecule has 0 atom stereocenters. The zero-order valence-electron chi connectivity index (χ0n) is 21.3. The zero-order valence-corrected chi connectivity index (χ0v) is 21.3. The molecule has 9 nitrogen and oxygen atoms in total. The Bertz CT molecular complexity index is 1580. The van der Waals surface area contributed by atoms with Crippen molar-refractivity contribution in [1.82, 2.24) is 14.5 Å². The minimum atomic E-state index is -0.718. The molecule has 1 aliphatic rings. The second-order valence-electron chi connectivity index (χ2n) is 10.2. The maximum Gasteiger partial charge on any atom is 0.316 e. The Labute approximate surface area is 208 Å². The lowest BCUT2D eigenvalue weighted by Crippen LogP contribution is -2.28. The minimum Gasteiger partial charge on any atom is -0.493 e. The number of hydrogen-bond donors (Lipinski definition) is 0. The third-order valence-electron chi connectivity index (χ3n) is 6.26. The summed E-state index contributed by atoms with van der Waals surface area (Å²) in [6, 6.07) is 7.04. The average Bonchev–Trinajstić information content (AvgIpc) is 3.28. The van der Waals surface area contributed by atoms with Gasteiger partial charge in [0.2, 0.25) is 6.79 Å². The summed E-state index contributed by atoms with van der Waals surface area (Å²) in [4.78, 5) is 33.3. The van der Waals surface area contributed by atoms with Gasteiger partial charge in [0.1, 0.15) is 0 Å². The first kappa shape index (κ1) is 23.9. The first-order valence-electron chi connectivity index (χ1n) is 11.7. The molecule has 0 fully saturated rings. The number of methoxy groups -OCH3 is 1. The van der Waals surface area contributed by atoms with Crippen LogP contribution in [0.1, 0.15) is 20.8 Å². The van der Waals surface area contributed by atoms with Gasteiger partial charge in [0.25, 0.3) is 5.56 Å². The Morgan fingerprint density at radius 1 is 1.03 bits per heavy atom. The van der Waals surface area contributed by atoms with E-state index in [0.29, 0.717) is 46.6 Å². The molecule has 0 saturated carbocycles. The van der Waals surface area contributed by atoms with Gasteiger partial charge in [0, 0.05) is 41.5 Å². The zero-order chi connectivity index (χ0) is 25.8. The van der Waals surface area contributed by atoms with Crippen LogP contribution in [-0.2, 0) is 11.3 Å². The molecule has 4 aromatic rings.